The number of rotatable bonds is 5. The maximum absolute atomic E-state index is 12.0. The van der Waals surface area contributed by atoms with Gasteiger partial charge in [-0.05, 0) is 25.0 Å². The van der Waals surface area contributed by atoms with Crippen LogP contribution in [0.3, 0.4) is 0 Å². The molecule has 6 nitrogen and oxygen atoms in total. The fraction of sp³-hybridized carbons (Fsp3) is 0.375. The Morgan fingerprint density at radius 2 is 2.36 bits per heavy atom. The third-order valence-electron chi connectivity index (χ3n) is 3.61. The molecular formula is C16H18N2O4. The number of aromatic nitrogens is 1. The highest BCUT2D eigenvalue weighted by atomic mass is 16.5. The number of ether oxygens (including phenoxy) is 2. The van der Waals surface area contributed by atoms with Gasteiger partial charge in [0.15, 0.2) is 0 Å². The molecule has 1 N–H and O–H groups in total. The van der Waals surface area contributed by atoms with Crippen molar-refractivity contribution in [1.82, 2.24) is 10.5 Å². The number of carbonyl (C=O) groups is 1. The molecule has 0 spiro atoms. The summed E-state index contributed by atoms with van der Waals surface area (Å²) in [6.45, 7) is 1.26. The van der Waals surface area contributed by atoms with Crippen LogP contribution in [-0.2, 0) is 4.74 Å². The van der Waals surface area contributed by atoms with Crippen molar-refractivity contribution in [2.24, 2.45) is 0 Å². The number of hydrogen-bond acceptors (Lipinski definition) is 5. The van der Waals surface area contributed by atoms with Crippen LogP contribution in [0.2, 0.25) is 0 Å². The standard InChI is InChI=1S/C16H18N2O4/c1-20-12-5-2-4-11(8-12)14-9-15(22-18-14)16(19)17-10-13-6-3-7-21-13/h2,4-5,8-9,13H,3,6-7,10H2,1H3,(H,17,19)/t13-/m1/s1. The zero-order valence-corrected chi connectivity index (χ0v) is 12.4. The highest BCUT2D eigenvalue weighted by molar-refractivity contribution is 5.92. The Balaban J connectivity index is 1.65. The monoisotopic (exact) mass is 302 g/mol. The number of amides is 1. The van der Waals surface area contributed by atoms with E-state index in [1.165, 1.54) is 0 Å². The van der Waals surface area contributed by atoms with E-state index in [0.717, 1.165) is 30.8 Å². The minimum atomic E-state index is -0.280. The molecule has 1 atom stereocenters. The first-order valence-corrected chi connectivity index (χ1v) is 7.27. The quantitative estimate of drug-likeness (QED) is 0.917. The van der Waals surface area contributed by atoms with Crippen LogP contribution in [0.15, 0.2) is 34.9 Å². The zero-order valence-electron chi connectivity index (χ0n) is 12.4. The number of carbonyl (C=O) groups excluding carboxylic acids is 1. The van der Waals surface area contributed by atoms with Crippen molar-refractivity contribution in [2.75, 3.05) is 20.3 Å². The molecule has 0 radical (unpaired) electrons. The summed E-state index contributed by atoms with van der Waals surface area (Å²) in [5, 5.41) is 6.75. The van der Waals surface area contributed by atoms with Crippen molar-refractivity contribution in [3.8, 4) is 17.0 Å². The van der Waals surface area contributed by atoms with Gasteiger partial charge >= 0.3 is 0 Å². The minimum absolute atomic E-state index is 0.102. The van der Waals surface area contributed by atoms with Gasteiger partial charge in [-0.1, -0.05) is 17.3 Å². The molecular weight excluding hydrogens is 284 g/mol. The van der Waals surface area contributed by atoms with Crippen molar-refractivity contribution in [3.63, 3.8) is 0 Å². The SMILES string of the molecule is COc1cccc(-c2cc(C(=O)NC[C@H]3CCCO3)on2)c1. The number of hydrogen-bond donors (Lipinski definition) is 1. The van der Waals surface area contributed by atoms with Gasteiger partial charge < -0.3 is 19.3 Å². The first-order chi connectivity index (χ1) is 10.8. The summed E-state index contributed by atoms with van der Waals surface area (Å²) in [5.74, 6) is 0.637. The molecule has 116 valence electrons. The smallest absolute Gasteiger partial charge is 0.290 e. The predicted octanol–water partition coefficient (Wildman–Crippen LogP) is 2.26. The van der Waals surface area contributed by atoms with E-state index in [9.17, 15) is 4.79 Å². The summed E-state index contributed by atoms with van der Waals surface area (Å²) >= 11 is 0. The first kappa shape index (κ1) is 14.6. The molecule has 1 aromatic carbocycles. The van der Waals surface area contributed by atoms with Gasteiger partial charge in [-0.25, -0.2) is 0 Å². The molecule has 0 aliphatic carbocycles. The van der Waals surface area contributed by atoms with Crippen LogP contribution in [0.25, 0.3) is 11.3 Å². The second-order valence-corrected chi connectivity index (χ2v) is 5.15. The minimum Gasteiger partial charge on any atom is -0.497 e. The zero-order chi connectivity index (χ0) is 15.4. The third-order valence-corrected chi connectivity index (χ3v) is 3.61. The predicted molar refractivity (Wildman–Crippen MR) is 79.8 cm³/mol. The Bertz CT molecular complexity index is 647. The van der Waals surface area contributed by atoms with Gasteiger partial charge in [0.25, 0.3) is 5.91 Å². The Morgan fingerprint density at radius 1 is 1.45 bits per heavy atom. The lowest BCUT2D eigenvalue weighted by Crippen LogP contribution is -2.31. The molecule has 2 aromatic rings. The molecule has 1 amide bonds. The summed E-state index contributed by atoms with van der Waals surface area (Å²) in [5.41, 5.74) is 1.43. The highest BCUT2D eigenvalue weighted by Crippen LogP contribution is 2.23. The molecule has 1 saturated heterocycles. The van der Waals surface area contributed by atoms with Crippen LogP contribution in [0.4, 0.5) is 0 Å². The van der Waals surface area contributed by atoms with Gasteiger partial charge in [-0.15, -0.1) is 0 Å². The number of methoxy groups -OCH3 is 1. The van der Waals surface area contributed by atoms with Crippen LogP contribution in [0.5, 0.6) is 5.75 Å². The summed E-state index contributed by atoms with van der Waals surface area (Å²) in [4.78, 5) is 12.0. The number of nitrogens with zero attached hydrogens (tertiary/aromatic N) is 1. The van der Waals surface area contributed by atoms with Crippen LogP contribution in [0, 0.1) is 0 Å². The average molecular weight is 302 g/mol. The van der Waals surface area contributed by atoms with E-state index in [1.807, 2.05) is 24.3 Å². The summed E-state index contributed by atoms with van der Waals surface area (Å²) < 4.78 is 15.8. The Kier molecular flexibility index (Phi) is 4.39. The van der Waals surface area contributed by atoms with E-state index in [-0.39, 0.29) is 17.8 Å². The topological polar surface area (TPSA) is 73.6 Å². The third kappa shape index (κ3) is 3.28. The Labute approximate surface area is 128 Å². The molecule has 2 heterocycles. The normalized spacial score (nSPS) is 17.4. The molecule has 0 saturated carbocycles. The van der Waals surface area contributed by atoms with Crippen LogP contribution in [0.1, 0.15) is 23.4 Å². The summed E-state index contributed by atoms with van der Waals surface area (Å²) in [7, 11) is 1.60. The fourth-order valence-corrected chi connectivity index (χ4v) is 2.40. The molecule has 1 aromatic heterocycles. The lowest BCUT2D eigenvalue weighted by atomic mass is 10.1. The van der Waals surface area contributed by atoms with Gasteiger partial charge in [-0.2, -0.15) is 0 Å². The Morgan fingerprint density at radius 3 is 3.14 bits per heavy atom. The number of nitrogens with one attached hydrogen (secondary N) is 1. The molecule has 0 bridgehead atoms. The van der Waals surface area contributed by atoms with E-state index in [0.29, 0.717) is 12.2 Å². The van der Waals surface area contributed by atoms with Gasteiger partial charge in [0.1, 0.15) is 11.4 Å². The van der Waals surface area contributed by atoms with E-state index >= 15 is 0 Å². The van der Waals surface area contributed by atoms with E-state index in [1.54, 1.807) is 13.2 Å². The second kappa shape index (κ2) is 6.62. The summed E-state index contributed by atoms with van der Waals surface area (Å²) in [6.07, 6.45) is 2.12. The van der Waals surface area contributed by atoms with Gasteiger partial charge in [0.2, 0.25) is 5.76 Å². The van der Waals surface area contributed by atoms with Crippen molar-refractivity contribution in [2.45, 2.75) is 18.9 Å². The van der Waals surface area contributed by atoms with E-state index in [4.69, 9.17) is 14.0 Å². The van der Waals surface area contributed by atoms with Crippen LogP contribution in [-0.4, -0.2) is 37.4 Å². The molecule has 1 fully saturated rings. The van der Waals surface area contributed by atoms with Gasteiger partial charge in [0, 0.05) is 24.8 Å². The second-order valence-electron chi connectivity index (χ2n) is 5.15. The molecule has 22 heavy (non-hydrogen) atoms. The van der Waals surface area contributed by atoms with Gasteiger partial charge in [-0.3, -0.25) is 4.79 Å². The largest absolute Gasteiger partial charge is 0.497 e. The fourth-order valence-electron chi connectivity index (χ4n) is 2.40. The highest BCUT2D eigenvalue weighted by Gasteiger charge is 2.19. The van der Waals surface area contributed by atoms with Crippen molar-refractivity contribution in [1.29, 1.82) is 0 Å². The lowest BCUT2D eigenvalue weighted by molar-refractivity contribution is 0.0828. The van der Waals surface area contributed by atoms with E-state index in [2.05, 4.69) is 10.5 Å². The summed E-state index contributed by atoms with van der Waals surface area (Å²) in [6, 6.07) is 9.05. The molecule has 3 rings (SSSR count). The van der Waals surface area contributed by atoms with Crippen molar-refractivity contribution in [3.05, 3.63) is 36.1 Å². The maximum Gasteiger partial charge on any atom is 0.290 e. The average Bonchev–Trinajstić information content (AvgIpc) is 3.24. The van der Waals surface area contributed by atoms with Gasteiger partial charge in [0.05, 0.1) is 13.2 Å². The Hall–Kier alpha value is -2.34. The maximum atomic E-state index is 12.0. The molecule has 0 unspecified atom stereocenters. The lowest BCUT2D eigenvalue weighted by Gasteiger charge is -2.08. The molecule has 1 aliphatic heterocycles. The first-order valence-electron chi connectivity index (χ1n) is 7.27. The van der Waals surface area contributed by atoms with Crippen molar-refractivity contribution >= 4 is 5.91 Å². The van der Waals surface area contributed by atoms with Crippen molar-refractivity contribution < 1.29 is 18.8 Å². The van der Waals surface area contributed by atoms with Crippen LogP contribution >= 0.6 is 0 Å². The number of benzene rings is 1. The molecule has 6 heteroatoms. The molecule has 1 aliphatic rings. The van der Waals surface area contributed by atoms with Crippen LogP contribution < -0.4 is 10.1 Å². The van der Waals surface area contributed by atoms with E-state index < -0.39 is 0 Å².